The minimum atomic E-state index is -0.954. The van der Waals surface area contributed by atoms with Gasteiger partial charge in [0.1, 0.15) is 6.10 Å². The van der Waals surface area contributed by atoms with Crippen molar-refractivity contribution >= 4 is 11.9 Å². The van der Waals surface area contributed by atoms with Crippen molar-refractivity contribution in [3.63, 3.8) is 0 Å². The minimum absolute atomic E-state index is 0.125. The van der Waals surface area contributed by atoms with E-state index in [0.717, 1.165) is 0 Å². The fourth-order valence-corrected chi connectivity index (χ4v) is 1.04. The molecule has 0 bridgehead atoms. The Labute approximate surface area is 139 Å². The molecule has 5 N–H and O–H groups in total. The third kappa shape index (κ3) is 11.5. The topological polar surface area (TPSA) is 154 Å². The van der Waals surface area contributed by atoms with Crippen molar-refractivity contribution in [2.24, 2.45) is 0 Å². The first kappa shape index (κ1) is 24.2. The van der Waals surface area contributed by atoms with Crippen LogP contribution in [0.25, 0.3) is 0 Å². The number of benzene rings is 1. The maximum absolute atomic E-state index is 11.0. The predicted molar refractivity (Wildman–Crippen MR) is 83.5 cm³/mol. The van der Waals surface area contributed by atoms with Crippen molar-refractivity contribution < 1.29 is 44.6 Å². The fourth-order valence-electron chi connectivity index (χ4n) is 1.04. The molecular weight excluding hydrogens is 324 g/mol. The summed E-state index contributed by atoms with van der Waals surface area (Å²) in [4.78, 5) is 22.1. The van der Waals surface area contributed by atoms with Gasteiger partial charge in [-0.05, 0) is 24.3 Å². The second kappa shape index (κ2) is 15.8. The molecule has 9 nitrogen and oxygen atoms in total. The molecule has 0 saturated carbocycles. The van der Waals surface area contributed by atoms with E-state index in [1.54, 1.807) is 0 Å². The molecule has 0 aliphatic rings. The van der Waals surface area contributed by atoms with E-state index in [1.807, 2.05) is 0 Å². The minimum Gasteiger partial charge on any atom is -0.465 e. The van der Waals surface area contributed by atoms with E-state index in [1.165, 1.54) is 38.5 Å². The number of hydrogen-bond donors (Lipinski definition) is 5. The Morgan fingerprint density at radius 1 is 0.833 bits per heavy atom. The molecule has 1 aromatic carbocycles. The second-order valence-electron chi connectivity index (χ2n) is 4.03. The third-order valence-corrected chi connectivity index (χ3v) is 2.25. The van der Waals surface area contributed by atoms with Gasteiger partial charge in [0.15, 0.2) is 0 Å². The Kier molecular flexibility index (Phi) is 16.0. The van der Waals surface area contributed by atoms with Gasteiger partial charge in [-0.2, -0.15) is 0 Å². The standard InChI is InChI=1S/C10H10O4.C3H8O3.C2H6O2/c1-13-9(11)7-3-5-8(6-4-7)10(12)14-2;4-1-3(6)2-5;3-1-2-4/h3-6H,1-2H3;3-6H,1-2H2;3-4H,1-2H2. The van der Waals surface area contributed by atoms with E-state index in [0.29, 0.717) is 11.1 Å². The number of hydrogen-bond acceptors (Lipinski definition) is 9. The molecule has 0 spiro atoms. The molecule has 0 aliphatic heterocycles. The molecule has 0 heterocycles. The molecule has 1 rings (SSSR count). The summed E-state index contributed by atoms with van der Waals surface area (Å²) in [5, 5.41) is 39.3. The van der Waals surface area contributed by atoms with E-state index in [9.17, 15) is 9.59 Å². The van der Waals surface area contributed by atoms with Crippen LogP contribution in [0, 0.1) is 0 Å². The normalized spacial score (nSPS) is 9.17. The molecule has 1 aromatic rings. The number of aliphatic hydroxyl groups excluding tert-OH is 5. The summed E-state index contributed by atoms with van der Waals surface area (Å²) in [6.07, 6.45) is -0.954. The monoisotopic (exact) mass is 348 g/mol. The van der Waals surface area contributed by atoms with E-state index in [4.69, 9.17) is 25.5 Å². The Balaban J connectivity index is 0. The second-order valence-corrected chi connectivity index (χ2v) is 4.03. The summed E-state index contributed by atoms with van der Waals surface area (Å²) in [5.41, 5.74) is 0.806. The van der Waals surface area contributed by atoms with Crippen LogP contribution in [-0.4, -0.2) is 84.2 Å². The van der Waals surface area contributed by atoms with Gasteiger partial charge in [0.25, 0.3) is 0 Å². The Bertz CT molecular complexity index is 404. The largest absolute Gasteiger partial charge is 0.465 e. The summed E-state index contributed by atoms with van der Waals surface area (Å²) >= 11 is 0. The first-order chi connectivity index (χ1) is 11.4. The zero-order valence-electron chi connectivity index (χ0n) is 13.6. The molecule has 0 saturated heterocycles. The number of rotatable bonds is 5. The molecule has 0 atom stereocenters. The Morgan fingerprint density at radius 3 is 1.25 bits per heavy atom. The van der Waals surface area contributed by atoms with Gasteiger partial charge in [-0.3, -0.25) is 0 Å². The smallest absolute Gasteiger partial charge is 0.337 e. The number of aliphatic hydroxyl groups is 5. The van der Waals surface area contributed by atoms with Crippen molar-refractivity contribution in [1.82, 2.24) is 0 Å². The molecule has 138 valence electrons. The van der Waals surface area contributed by atoms with E-state index in [2.05, 4.69) is 9.47 Å². The lowest BCUT2D eigenvalue weighted by molar-refractivity contribution is 0.0450. The fraction of sp³-hybridized carbons (Fsp3) is 0.467. The van der Waals surface area contributed by atoms with Crippen molar-refractivity contribution in [3.8, 4) is 0 Å². The highest BCUT2D eigenvalue weighted by atomic mass is 16.5. The van der Waals surface area contributed by atoms with Crippen LogP contribution in [-0.2, 0) is 9.47 Å². The molecule has 0 amide bonds. The van der Waals surface area contributed by atoms with Gasteiger partial charge in [0.05, 0.1) is 51.8 Å². The van der Waals surface area contributed by atoms with Crippen molar-refractivity contribution in [2.75, 3.05) is 40.6 Å². The van der Waals surface area contributed by atoms with Gasteiger partial charge in [-0.1, -0.05) is 0 Å². The average Bonchev–Trinajstić information content (AvgIpc) is 2.66. The van der Waals surface area contributed by atoms with Crippen LogP contribution in [0.3, 0.4) is 0 Å². The Morgan fingerprint density at radius 2 is 1.12 bits per heavy atom. The quantitative estimate of drug-likeness (QED) is 0.403. The zero-order valence-corrected chi connectivity index (χ0v) is 13.6. The predicted octanol–water partition coefficient (Wildman–Crippen LogP) is -1.44. The van der Waals surface area contributed by atoms with Crippen LogP contribution in [0.5, 0.6) is 0 Å². The maximum Gasteiger partial charge on any atom is 0.337 e. The highest BCUT2D eigenvalue weighted by Crippen LogP contribution is 2.06. The van der Waals surface area contributed by atoms with Crippen LogP contribution in [0.1, 0.15) is 20.7 Å². The van der Waals surface area contributed by atoms with Gasteiger partial charge in [-0.25, -0.2) is 9.59 Å². The molecule has 24 heavy (non-hydrogen) atoms. The highest BCUT2D eigenvalue weighted by molar-refractivity contribution is 5.93. The summed E-state index contributed by atoms with van der Waals surface area (Å²) in [6.45, 7) is -0.979. The van der Waals surface area contributed by atoms with Crippen LogP contribution in [0.4, 0.5) is 0 Å². The van der Waals surface area contributed by atoms with Crippen molar-refractivity contribution in [2.45, 2.75) is 6.10 Å². The molecule has 0 fully saturated rings. The average molecular weight is 348 g/mol. The lowest BCUT2D eigenvalue weighted by Gasteiger charge is -2.00. The number of carbonyl (C=O) groups excluding carboxylic acids is 2. The van der Waals surface area contributed by atoms with E-state index in [-0.39, 0.29) is 26.4 Å². The summed E-state index contributed by atoms with van der Waals surface area (Å²) in [5.74, 6) is -0.858. The molecule has 0 aliphatic carbocycles. The number of ether oxygens (including phenoxy) is 2. The number of carbonyl (C=O) groups is 2. The van der Waals surface area contributed by atoms with E-state index >= 15 is 0 Å². The van der Waals surface area contributed by atoms with Gasteiger partial charge in [0.2, 0.25) is 0 Å². The van der Waals surface area contributed by atoms with Gasteiger partial charge in [-0.15, -0.1) is 0 Å². The van der Waals surface area contributed by atoms with Crippen molar-refractivity contribution in [1.29, 1.82) is 0 Å². The third-order valence-electron chi connectivity index (χ3n) is 2.25. The van der Waals surface area contributed by atoms with Crippen LogP contribution in [0.2, 0.25) is 0 Å². The number of esters is 2. The molecule has 9 heteroatoms. The van der Waals surface area contributed by atoms with Crippen molar-refractivity contribution in [3.05, 3.63) is 35.4 Å². The molecule has 0 unspecified atom stereocenters. The van der Waals surface area contributed by atoms with E-state index < -0.39 is 18.0 Å². The zero-order chi connectivity index (χ0) is 19.0. The Hall–Kier alpha value is -2.04. The van der Waals surface area contributed by atoms with Gasteiger partial charge in [0, 0.05) is 0 Å². The molecule has 0 aromatic heterocycles. The van der Waals surface area contributed by atoms with Crippen LogP contribution in [0.15, 0.2) is 24.3 Å². The SMILES string of the molecule is COC(=O)c1ccc(C(=O)OC)cc1.OCC(O)CO.OCCO. The summed E-state index contributed by atoms with van der Waals surface area (Å²) < 4.78 is 9.02. The summed E-state index contributed by atoms with van der Waals surface area (Å²) in [6, 6.07) is 6.05. The first-order valence-electron chi connectivity index (χ1n) is 6.79. The maximum atomic E-state index is 11.0. The van der Waals surface area contributed by atoms with Gasteiger partial charge >= 0.3 is 11.9 Å². The lowest BCUT2D eigenvalue weighted by Crippen LogP contribution is -2.15. The van der Waals surface area contributed by atoms with Gasteiger partial charge < -0.3 is 35.0 Å². The van der Waals surface area contributed by atoms with Crippen LogP contribution < -0.4 is 0 Å². The number of methoxy groups -OCH3 is 2. The molecular formula is C15H24O9. The van der Waals surface area contributed by atoms with Crippen LogP contribution >= 0.6 is 0 Å². The molecule has 0 radical (unpaired) electrons. The first-order valence-corrected chi connectivity index (χ1v) is 6.79. The highest BCUT2D eigenvalue weighted by Gasteiger charge is 2.08. The summed E-state index contributed by atoms with van der Waals surface area (Å²) in [7, 11) is 2.60. The lowest BCUT2D eigenvalue weighted by atomic mass is 10.1.